The Balaban J connectivity index is 0.722. The normalized spacial score (nSPS) is 24.7. The van der Waals surface area contributed by atoms with Gasteiger partial charge in [0.05, 0.1) is 32.9 Å². The fraction of sp³-hybridized carbons (Fsp3) is 0.521. The molecular formula is C48H54ClFN6O4. The highest BCUT2D eigenvalue weighted by molar-refractivity contribution is 6.35. The number of nitrogens with one attached hydrogen (secondary N) is 1. The van der Waals surface area contributed by atoms with Gasteiger partial charge < -0.3 is 14.7 Å². The van der Waals surface area contributed by atoms with Crippen molar-refractivity contribution < 1.29 is 18.8 Å². The lowest BCUT2D eigenvalue weighted by molar-refractivity contribution is -0.137. The molecular weight excluding hydrogens is 779 g/mol. The summed E-state index contributed by atoms with van der Waals surface area (Å²) in [5.41, 5.74) is 5.35. The van der Waals surface area contributed by atoms with Crippen molar-refractivity contribution in [2.75, 3.05) is 50.7 Å². The van der Waals surface area contributed by atoms with E-state index in [2.05, 4.69) is 37.9 Å². The number of piperidine rings is 2. The van der Waals surface area contributed by atoms with Crippen LogP contribution in [0.2, 0.25) is 5.02 Å². The van der Waals surface area contributed by atoms with E-state index in [1.54, 1.807) is 12.1 Å². The highest BCUT2D eigenvalue weighted by Gasteiger charge is 2.47. The number of imide groups is 1. The third-order valence-electron chi connectivity index (χ3n) is 15.1. The molecule has 2 saturated carbocycles. The van der Waals surface area contributed by atoms with Crippen LogP contribution in [0.4, 0.5) is 10.1 Å². The van der Waals surface area contributed by atoms with Gasteiger partial charge in [0.15, 0.2) is 0 Å². The number of nitrogens with zero attached hydrogens (tertiary/aromatic N) is 5. The molecule has 1 unspecified atom stereocenters. The van der Waals surface area contributed by atoms with Crippen molar-refractivity contribution in [3.05, 3.63) is 98.3 Å². The molecule has 5 heterocycles. The minimum absolute atomic E-state index is 0.0721. The molecule has 4 aromatic rings. The zero-order valence-corrected chi connectivity index (χ0v) is 35.0. The summed E-state index contributed by atoms with van der Waals surface area (Å²) >= 11 is 6.61. The third-order valence-corrected chi connectivity index (χ3v) is 15.4. The van der Waals surface area contributed by atoms with Gasteiger partial charge in [-0.3, -0.25) is 29.1 Å². The molecule has 314 valence electrons. The second-order valence-electron chi connectivity index (χ2n) is 18.4. The van der Waals surface area contributed by atoms with Crippen LogP contribution >= 0.6 is 11.6 Å². The number of carbonyl (C=O) groups is 3. The van der Waals surface area contributed by atoms with Crippen LogP contribution in [0.5, 0.6) is 0 Å². The first-order chi connectivity index (χ1) is 29.2. The van der Waals surface area contributed by atoms with Gasteiger partial charge in [0.25, 0.3) is 5.56 Å². The number of piperazine rings is 1. The molecule has 10 rings (SSSR count). The molecule has 6 aliphatic rings. The number of hydrogen-bond donors (Lipinski definition) is 1. The van der Waals surface area contributed by atoms with Crippen molar-refractivity contribution in [3.8, 4) is 5.69 Å². The Hall–Kier alpha value is -4.61. The average Bonchev–Trinajstić information content (AvgIpc) is 3.52. The number of rotatable bonds is 6. The lowest BCUT2D eigenvalue weighted by atomic mass is 9.69. The van der Waals surface area contributed by atoms with E-state index >= 15 is 4.39 Å². The molecule has 1 spiro atoms. The van der Waals surface area contributed by atoms with E-state index in [4.69, 9.17) is 16.6 Å². The minimum Gasteiger partial charge on any atom is -0.368 e. The predicted molar refractivity (Wildman–Crippen MR) is 230 cm³/mol. The van der Waals surface area contributed by atoms with E-state index in [0.717, 1.165) is 101 Å². The number of anilines is 1. The van der Waals surface area contributed by atoms with E-state index in [1.165, 1.54) is 29.3 Å². The first-order valence-electron chi connectivity index (χ1n) is 22.4. The maximum atomic E-state index is 15.2. The Kier molecular flexibility index (Phi) is 10.5. The fourth-order valence-corrected chi connectivity index (χ4v) is 12.0. The van der Waals surface area contributed by atoms with Crippen molar-refractivity contribution in [1.29, 1.82) is 0 Å². The smallest absolute Gasteiger partial charge is 0.282 e. The van der Waals surface area contributed by atoms with Crippen LogP contribution in [0.1, 0.15) is 118 Å². The van der Waals surface area contributed by atoms with Gasteiger partial charge in [0.1, 0.15) is 11.6 Å². The van der Waals surface area contributed by atoms with Gasteiger partial charge in [-0.1, -0.05) is 55.1 Å². The maximum Gasteiger partial charge on any atom is 0.282 e. The summed E-state index contributed by atoms with van der Waals surface area (Å²) < 4.78 is 17.5. The van der Waals surface area contributed by atoms with Gasteiger partial charge >= 0.3 is 0 Å². The minimum atomic E-state index is -0.652. The lowest BCUT2D eigenvalue weighted by Crippen LogP contribution is -2.51. The molecule has 0 radical (unpaired) electrons. The first-order valence-corrected chi connectivity index (χ1v) is 22.8. The van der Waals surface area contributed by atoms with Gasteiger partial charge in [-0.05, 0) is 124 Å². The van der Waals surface area contributed by atoms with Crippen molar-refractivity contribution in [2.45, 2.75) is 101 Å². The SMILES string of the molecule is O=C1CCC(c2ccc(N3CCN(C(=O)C4CCC(CN5CCC(c6ccc7c(c6)-n6c(nc(=O)c8c(Cl)cccc86)C76CCCCC6)CC5)CC4)CC3)cc2F)C(=O)N1. The molecule has 12 heteroatoms. The molecule has 5 fully saturated rings. The van der Waals surface area contributed by atoms with Gasteiger partial charge in [0.2, 0.25) is 17.7 Å². The summed E-state index contributed by atoms with van der Waals surface area (Å²) in [7, 11) is 0. The molecule has 60 heavy (non-hydrogen) atoms. The topological polar surface area (TPSA) is 108 Å². The van der Waals surface area contributed by atoms with Crippen LogP contribution in [0.3, 0.4) is 0 Å². The lowest BCUT2D eigenvalue weighted by Gasteiger charge is -2.40. The van der Waals surface area contributed by atoms with E-state index in [9.17, 15) is 19.2 Å². The molecule has 3 aromatic carbocycles. The van der Waals surface area contributed by atoms with Crippen LogP contribution in [0, 0.1) is 17.7 Å². The number of likely N-dealkylation sites (tertiary alicyclic amines) is 1. The molecule has 0 bridgehead atoms. The highest BCUT2D eigenvalue weighted by Crippen LogP contribution is 2.52. The van der Waals surface area contributed by atoms with Gasteiger partial charge in [0, 0.05) is 56.3 Å². The average molecular weight is 833 g/mol. The van der Waals surface area contributed by atoms with Gasteiger partial charge in [-0.25, -0.2) is 4.39 Å². The number of hydrogen-bond acceptors (Lipinski definition) is 7. The number of halogens is 2. The highest BCUT2D eigenvalue weighted by atomic mass is 35.5. The van der Waals surface area contributed by atoms with Crippen LogP contribution in [0.15, 0.2) is 59.4 Å². The third kappa shape index (κ3) is 7.03. The molecule has 1 N–H and O–H groups in total. The monoisotopic (exact) mass is 832 g/mol. The fourth-order valence-electron chi connectivity index (χ4n) is 11.8. The van der Waals surface area contributed by atoms with Crippen molar-refractivity contribution >= 4 is 45.9 Å². The summed E-state index contributed by atoms with van der Waals surface area (Å²) in [5, 5.41) is 3.28. The Morgan fingerprint density at radius 2 is 1.62 bits per heavy atom. The zero-order valence-electron chi connectivity index (χ0n) is 34.3. The molecule has 2 aliphatic carbocycles. The van der Waals surface area contributed by atoms with E-state index in [1.807, 2.05) is 23.1 Å². The van der Waals surface area contributed by atoms with Crippen LogP contribution in [-0.2, 0) is 19.8 Å². The van der Waals surface area contributed by atoms with E-state index in [-0.39, 0.29) is 35.1 Å². The summed E-state index contributed by atoms with van der Waals surface area (Å²) in [6.45, 7) is 5.74. The zero-order chi connectivity index (χ0) is 41.1. The molecule has 3 amide bonds. The summed E-state index contributed by atoms with van der Waals surface area (Å²) in [6.07, 6.45) is 12.3. The van der Waals surface area contributed by atoms with Gasteiger partial charge in [-0.15, -0.1) is 0 Å². The second kappa shape index (κ2) is 16.0. The molecule has 3 saturated heterocycles. The quantitative estimate of drug-likeness (QED) is 0.200. The predicted octanol–water partition coefficient (Wildman–Crippen LogP) is 7.60. The van der Waals surface area contributed by atoms with Crippen molar-refractivity contribution in [3.63, 3.8) is 0 Å². The molecule has 1 atom stereocenters. The maximum absolute atomic E-state index is 15.2. The Morgan fingerprint density at radius 1 is 0.850 bits per heavy atom. The number of benzene rings is 3. The van der Waals surface area contributed by atoms with Crippen LogP contribution < -0.4 is 15.8 Å². The Labute approximate surface area is 355 Å². The standard InChI is InChI=1S/C48H54ClFN6O4/c49-38-5-4-6-40-43(38)45(59)52-47-48(19-2-1-3-20-48)37-15-11-33(27-41(37)56(40)47)31-17-21-53(22-18-31)29-30-7-9-32(10-8-30)46(60)55-25-23-54(24-26-55)34-12-13-35(39(50)28-34)36-14-16-42(57)51-44(36)58/h4-6,11-13,15,27-28,30-32,36H,1-3,7-10,14,16-26,29H2,(H,51,57,58). The van der Waals surface area contributed by atoms with E-state index < -0.39 is 17.6 Å². The summed E-state index contributed by atoms with van der Waals surface area (Å²) in [5.74, 6) is 0.483. The van der Waals surface area contributed by atoms with Crippen molar-refractivity contribution in [2.24, 2.45) is 11.8 Å². The first kappa shape index (κ1) is 39.5. The Morgan fingerprint density at radius 3 is 2.35 bits per heavy atom. The number of aromatic nitrogens is 2. The van der Waals surface area contributed by atoms with Gasteiger partial charge in [-0.2, -0.15) is 4.98 Å². The van der Waals surface area contributed by atoms with Crippen LogP contribution in [0.25, 0.3) is 16.6 Å². The van der Waals surface area contributed by atoms with Crippen LogP contribution in [-0.4, -0.2) is 82.9 Å². The second-order valence-corrected chi connectivity index (χ2v) is 18.9. The number of amides is 3. The Bertz CT molecular complexity index is 2410. The van der Waals surface area contributed by atoms with Crippen molar-refractivity contribution in [1.82, 2.24) is 24.7 Å². The summed E-state index contributed by atoms with van der Waals surface area (Å²) in [4.78, 5) is 62.4. The largest absolute Gasteiger partial charge is 0.368 e. The summed E-state index contributed by atoms with van der Waals surface area (Å²) in [6, 6.07) is 17.9. The molecule has 4 aliphatic heterocycles. The van der Waals surface area contributed by atoms with E-state index in [0.29, 0.717) is 60.4 Å². The number of fused-ring (bicyclic) bond motifs is 7. The number of carbonyl (C=O) groups excluding carboxylic acids is 3. The molecule has 10 nitrogen and oxygen atoms in total. The molecule has 1 aromatic heterocycles.